The van der Waals surface area contributed by atoms with Crippen molar-refractivity contribution in [1.82, 2.24) is 9.88 Å². The summed E-state index contributed by atoms with van der Waals surface area (Å²) in [5, 5.41) is 2.85. The van der Waals surface area contributed by atoms with Gasteiger partial charge >= 0.3 is 0 Å². The summed E-state index contributed by atoms with van der Waals surface area (Å²) >= 11 is 0. The molecule has 2 aliphatic rings. The Labute approximate surface area is 171 Å². The second-order valence-electron chi connectivity index (χ2n) is 7.70. The van der Waals surface area contributed by atoms with Gasteiger partial charge in [-0.3, -0.25) is 9.59 Å². The Kier molecular flexibility index (Phi) is 5.76. The van der Waals surface area contributed by atoms with E-state index in [-0.39, 0.29) is 11.8 Å². The van der Waals surface area contributed by atoms with E-state index < -0.39 is 0 Å². The van der Waals surface area contributed by atoms with Gasteiger partial charge in [0, 0.05) is 50.4 Å². The molecule has 1 aromatic heterocycles. The molecule has 0 spiro atoms. The summed E-state index contributed by atoms with van der Waals surface area (Å²) in [5.41, 5.74) is 2.47. The van der Waals surface area contributed by atoms with Gasteiger partial charge in [0.05, 0.1) is 11.9 Å². The van der Waals surface area contributed by atoms with Gasteiger partial charge in [-0.05, 0) is 56.3 Å². The molecular formula is C22H27N5O2. The maximum Gasteiger partial charge on any atom is 0.256 e. The molecular weight excluding hydrogens is 366 g/mol. The first-order valence-corrected chi connectivity index (χ1v) is 10.2. The number of nitrogens with zero attached hydrogens (tertiary/aromatic N) is 4. The Bertz CT molecular complexity index is 858. The van der Waals surface area contributed by atoms with E-state index in [1.165, 1.54) is 0 Å². The van der Waals surface area contributed by atoms with Gasteiger partial charge in [-0.1, -0.05) is 0 Å². The van der Waals surface area contributed by atoms with Crippen molar-refractivity contribution in [1.29, 1.82) is 0 Å². The Hall–Kier alpha value is -2.93. The Morgan fingerprint density at radius 1 is 0.931 bits per heavy atom. The molecule has 0 atom stereocenters. The zero-order chi connectivity index (χ0) is 20.2. The molecule has 2 aliphatic heterocycles. The summed E-state index contributed by atoms with van der Waals surface area (Å²) in [5.74, 6) is 0.475. The van der Waals surface area contributed by atoms with Crippen LogP contribution in [0.4, 0.5) is 17.2 Å². The van der Waals surface area contributed by atoms with Crippen LogP contribution >= 0.6 is 0 Å². The van der Waals surface area contributed by atoms with Gasteiger partial charge in [-0.25, -0.2) is 4.98 Å². The highest BCUT2D eigenvalue weighted by Crippen LogP contribution is 2.22. The van der Waals surface area contributed by atoms with E-state index in [1.807, 2.05) is 30.5 Å². The van der Waals surface area contributed by atoms with Gasteiger partial charge < -0.3 is 20.0 Å². The topological polar surface area (TPSA) is 68.8 Å². The fourth-order valence-corrected chi connectivity index (χ4v) is 3.77. The SMILES string of the molecule is CN1CCN(c2ccc(NC(=O)c3ccc(N4CCCCC4=O)cc3)nc2)CC1. The van der Waals surface area contributed by atoms with E-state index >= 15 is 0 Å². The molecule has 2 saturated heterocycles. The third kappa shape index (κ3) is 4.56. The van der Waals surface area contributed by atoms with Crippen molar-refractivity contribution in [2.75, 3.05) is 54.9 Å². The van der Waals surface area contributed by atoms with E-state index in [1.54, 1.807) is 17.0 Å². The smallest absolute Gasteiger partial charge is 0.256 e. The molecule has 3 heterocycles. The number of aromatic nitrogens is 1. The lowest BCUT2D eigenvalue weighted by atomic mass is 10.1. The van der Waals surface area contributed by atoms with Crippen LogP contribution < -0.4 is 15.1 Å². The Morgan fingerprint density at radius 2 is 1.66 bits per heavy atom. The number of carbonyl (C=O) groups excluding carboxylic acids is 2. The molecule has 29 heavy (non-hydrogen) atoms. The van der Waals surface area contributed by atoms with E-state index in [2.05, 4.69) is 27.1 Å². The number of amides is 2. The molecule has 7 heteroatoms. The molecule has 0 bridgehead atoms. The molecule has 0 unspecified atom stereocenters. The lowest BCUT2D eigenvalue weighted by Crippen LogP contribution is -2.44. The predicted molar refractivity (Wildman–Crippen MR) is 115 cm³/mol. The molecule has 7 nitrogen and oxygen atoms in total. The maximum atomic E-state index is 12.5. The van der Waals surface area contributed by atoms with Gasteiger partial charge in [0.1, 0.15) is 5.82 Å². The summed E-state index contributed by atoms with van der Waals surface area (Å²) in [6.45, 7) is 4.79. The number of pyridine rings is 1. The normalized spacial score (nSPS) is 18.0. The highest BCUT2D eigenvalue weighted by molar-refractivity contribution is 6.04. The number of benzene rings is 1. The second kappa shape index (κ2) is 8.61. The van der Waals surface area contributed by atoms with E-state index in [0.29, 0.717) is 17.8 Å². The van der Waals surface area contributed by atoms with Crippen LogP contribution in [0.3, 0.4) is 0 Å². The summed E-state index contributed by atoms with van der Waals surface area (Å²) in [7, 11) is 2.13. The minimum Gasteiger partial charge on any atom is -0.368 e. The third-order valence-corrected chi connectivity index (χ3v) is 5.62. The van der Waals surface area contributed by atoms with Crippen LogP contribution in [0.5, 0.6) is 0 Å². The minimum absolute atomic E-state index is 0.151. The molecule has 152 valence electrons. The Balaban J connectivity index is 1.37. The first-order chi connectivity index (χ1) is 14.1. The van der Waals surface area contributed by atoms with E-state index in [9.17, 15) is 9.59 Å². The molecule has 0 radical (unpaired) electrons. The number of anilines is 3. The number of carbonyl (C=O) groups is 2. The quantitative estimate of drug-likeness (QED) is 0.865. The van der Waals surface area contributed by atoms with Crippen LogP contribution in [0, 0.1) is 0 Å². The monoisotopic (exact) mass is 393 g/mol. The molecule has 2 fully saturated rings. The van der Waals surface area contributed by atoms with E-state index in [0.717, 1.165) is 56.9 Å². The lowest BCUT2D eigenvalue weighted by molar-refractivity contribution is -0.119. The van der Waals surface area contributed by atoms with Crippen LogP contribution in [0.1, 0.15) is 29.6 Å². The van der Waals surface area contributed by atoms with Gasteiger partial charge in [-0.15, -0.1) is 0 Å². The number of hydrogen-bond acceptors (Lipinski definition) is 5. The van der Waals surface area contributed by atoms with Gasteiger partial charge in [0.25, 0.3) is 5.91 Å². The summed E-state index contributed by atoms with van der Waals surface area (Å²) < 4.78 is 0. The fourth-order valence-electron chi connectivity index (χ4n) is 3.77. The van der Waals surface area contributed by atoms with Gasteiger partial charge in [-0.2, -0.15) is 0 Å². The number of hydrogen-bond donors (Lipinski definition) is 1. The first kappa shape index (κ1) is 19.4. The lowest BCUT2D eigenvalue weighted by Gasteiger charge is -2.33. The number of rotatable bonds is 4. The van der Waals surface area contributed by atoms with Gasteiger partial charge in [0.2, 0.25) is 5.91 Å². The molecule has 2 amide bonds. The highest BCUT2D eigenvalue weighted by Gasteiger charge is 2.20. The zero-order valence-electron chi connectivity index (χ0n) is 16.8. The largest absolute Gasteiger partial charge is 0.368 e. The number of nitrogens with one attached hydrogen (secondary N) is 1. The zero-order valence-corrected chi connectivity index (χ0v) is 16.8. The van der Waals surface area contributed by atoms with Crippen molar-refractivity contribution in [3.8, 4) is 0 Å². The molecule has 0 aliphatic carbocycles. The van der Waals surface area contributed by atoms with Crippen molar-refractivity contribution in [2.45, 2.75) is 19.3 Å². The van der Waals surface area contributed by atoms with E-state index in [4.69, 9.17) is 0 Å². The van der Waals surface area contributed by atoms with Crippen molar-refractivity contribution in [3.05, 3.63) is 48.2 Å². The summed E-state index contributed by atoms with van der Waals surface area (Å²) in [6.07, 6.45) is 4.38. The van der Waals surface area contributed by atoms with Crippen LogP contribution in [-0.4, -0.2) is 61.5 Å². The number of piperidine rings is 1. The molecule has 0 saturated carbocycles. The van der Waals surface area contributed by atoms with Crippen molar-refractivity contribution >= 4 is 29.0 Å². The summed E-state index contributed by atoms with van der Waals surface area (Å²) in [4.78, 5) is 35.4. The van der Waals surface area contributed by atoms with Crippen LogP contribution in [-0.2, 0) is 4.79 Å². The standard InChI is InChI=1S/C22H27N5O2/c1-25-12-14-26(15-13-25)19-9-10-20(23-16-19)24-22(29)17-5-7-18(8-6-17)27-11-3-2-4-21(27)28/h5-10,16H,2-4,11-15H2,1H3,(H,23,24,29). The maximum absolute atomic E-state index is 12.5. The molecule has 1 N–H and O–H groups in total. The van der Waals surface area contributed by atoms with Crippen molar-refractivity contribution < 1.29 is 9.59 Å². The number of piperazine rings is 1. The predicted octanol–water partition coefficient (Wildman–Crippen LogP) is 2.60. The van der Waals surface area contributed by atoms with Gasteiger partial charge in [0.15, 0.2) is 0 Å². The fraction of sp³-hybridized carbons (Fsp3) is 0.409. The second-order valence-corrected chi connectivity index (χ2v) is 7.70. The third-order valence-electron chi connectivity index (χ3n) is 5.62. The van der Waals surface area contributed by atoms with Crippen molar-refractivity contribution in [3.63, 3.8) is 0 Å². The molecule has 2 aromatic rings. The molecule has 1 aromatic carbocycles. The van der Waals surface area contributed by atoms with Crippen LogP contribution in [0.15, 0.2) is 42.6 Å². The summed E-state index contributed by atoms with van der Waals surface area (Å²) in [6, 6.07) is 11.0. The first-order valence-electron chi connectivity index (χ1n) is 10.2. The molecule has 4 rings (SSSR count). The average Bonchev–Trinajstić information content (AvgIpc) is 2.75. The van der Waals surface area contributed by atoms with Crippen LogP contribution in [0.25, 0.3) is 0 Å². The average molecular weight is 393 g/mol. The highest BCUT2D eigenvalue weighted by atomic mass is 16.2. The number of likely N-dealkylation sites (N-methyl/N-ethyl adjacent to an activating group) is 1. The minimum atomic E-state index is -0.207. The Morgan fingerprint density at radius 3 is 2.31 bits per heavy atom. The van der Waals surface area contributed by atoms with Crippen molar-refractivity contribution in [2.24, 2.45) is 0 Å². The van der Waals surface area contributed by atoms with Crippen LogP contribution in [0.2, 0.25) is 0 Å².